The zero-order chi connectivity index (χ0) is 12.7. The molecule has 1 aromatic carbocycles. The standard InChI is InChI=1S/C10H13N3O3S/c1-15-7-3-4-9(16-2)8(5-7)12-10(17)13-11-6-14/h3-6H,1-2H3,(H,11,14)(H2,12,13,17). The van der Waals surface area contributed by atoms with Crippen LogP contribution in [0.5, 0.6) is 11.5 Å². The molecule has 1 amide bonds. The maximum atomic E-state index is 10.1. The van der Waals surface area contributed by atoms with Gasteiger partial charge in [0.15, 0.2) is 5.11 Å². The topological polar surface area (TPSA) is 71.6 Å². The zero-order valence-electron chi connectivity index (χ0n) is 9.44. The molecule has 0 aliphatic carbocycles. The molecule has 0 bridgehead atoms. The first-order valence-electron chi connectivity index (χ1n) is 4.69. The number of carbonyl (C=O) groups is 1. The minimum Gasteiger partial charge on any atom is -0.497 e. The van der Waals surface area contributed by atoms with Crippen LogP contribution in [0.1, 0.15) is 0 Å². The fraction of sp³-hybridized carbons (Fsp3) is 0.200. The van der Waals surface area contributed by atoms with E-state index in [0.29, 0.717) is 23.6 Å². The van der Waals surface area contributed by atoms with E-state index >= 15 is 0 Å². The van der Waals surface area contributed by atoms with Crippen molar-refractivity contribution in [3.63, 3.8) is 0 Å². The van der Waals surface area contributed by atoms with Crippen molar-refractivity contribution in [1.29, 1.82) is 0 Å². The van der Waals surface area contributed by atoms with Crippen LogP contribution in [-0.2, 0) is 4.79 Å². The molecule has 92 valence electrons. The molecule has 0 aliphatic heterocycles. The molecule has 0 saturated heterocycles. The van der Waals surface area contributed by atoms with E-state index in [9.17, 15) is 4.79 Å². The second kappa shape index (κ2) is 6.54. The van der Waals surface area contributed by atoms with Crippen LogP contribution in [0, 0.1) is 0 Å². The molecule has 0 fully saturated rings. The lowest BCUT2D eigenvalue weighted by Crippen LogP contribution is -2.39. The summed E-state index contributed by atoms with van der Waals surface area (Å²) in [4.78, 5) is 10.1. The minimum absolute atomic E-state index is 0.239. The van der Waals surface area contributed by atoms with Crippen LogP contribution in [-0.4, -0.2) is 25.7 Å². The van der Waals surface area contributed by atoms with Gasteiger partial charge in [0.05, 0.1) is 19.9 Å². The molecule has 6 nitrogen and oxygen atoms in total. The first-order chi connectivity index (χ1) is 8.21. The predicted octanol–water partition coefficient (Wildman–Crippen LogP) is 0.651. The monoisotopic (exact) mass is 255 g/mol. The van der Waals surface area contributed by atoms with Gasteiger partial charge in [-0.3, -0.25) is 15.6 Å². The van der Waals surface area contributed by atoms with E-state index in [-0.39, 0.29) is 5.11 Å². The number of hydrogen-bond acceptors (Lipinski definition) is 4. The van der Waals surface area contributed by atoms with E-state index in [2.05, 4.69) is 16.2 Å². The van der Waals surface area contributed by atoms with Crippen molar-refractivity contribution in [2.45, 2.75) is 0 Å². The molecule has 7 heteroatoms. The highest BCUT2D eigenvalue weighted by Crippen LogP contribution is 2.28. The van der Waals surface area contributed by atoms with Crippen molar-refractivity contribution in [2.24, 2.45) is 0 Å². The van der Waals surface area contributed by atoms with Gasteiger partial charge < -0.3 is 14.8 Å². The SMILES string of the molecule is COc1ccc(OC)c(NC(=S)NNC=O)c1. The highest BCUT2D eigenvalue weighted by molar-refractivity contribution is 7.80. The quantitative estimate of drug-likeness (QED) is 0.408. The van der Waals surface area contributed by atoms with Crippen LogP contribution in [0.2, 0.25) is 0 Å². The van der Waals surface area contributed by atoms with Crippen LogP contribution in [0.4, 0.5) is 5.69 Å². The Morgan fingerprint density at radius 2 is 2.12 bits per heavy atom. The zero-order valence-corrected chi connectivity index (χ0v) is 10.3. The second-order valence-electron chi connectivity index (χ2n) is 2.91. The number of benzene rings is 1. The van der Waals surface area contributed by atoms with Gasteiger partial charge in [0.2, 0.25) is 6.41 Å². The first-order valence-corrected chi connectivity index (χ1v) is 5.10. The molecule has 0 aromatic heterocycles. The highest BCUT2D eigenvalue weighted by Gasteiger charge is 2.06. The van der Waals surface area contributed by atoms with Crippen molar-refractivity contribution in [3.05, 3.63) is 18.2 Å². The van der Waals surface area contributed by atoms with Crippen molar-refractivity contribution in [1.82, 2.24) is 10.9 Å². The molecular weight excluding hydrogens is 242 g/mol. The molecular formula is C10H13N3O3S. The lowest BCUT2D eigenvalue weighted by molar-refractivity contribution is -0.110. The van der Waals surface area contributed by atoms with Gasteiger partial charge in [-0.15, -0.1) is 0 Å². The molecule has 1 rings (SSSR count). The largest absolute Gasteiger partial charge is 0.497 e. The van der Waals surface area contributed by atoms with Crippen LogP contribution < -0.4 is 25.6 Å². The Labute approximate surface area is 104 Å². The first kappa shape index (κ1) is 13.0. The fourth-order valence-corrected chi connectivity index (χ4v) is 1.33. The molecule has 3 N–H and O–H groups in total. The molecule has 0 aliphatic rings. The third-order valence-corrected chi connectivity index (χ3v) is 2.10. The molecule has 17 heavy (non-hydrogen) atoms. The Bertz CT molecular complexity index is 412. The van der Waals surface area contributed by atoms with Gasteiger partial charge in [-0.05, 0) is 24.4 Å². The van der Waals surface area contributed by atoms with Crippen molar-refractivity contribution in [2.75, 3.05) is 19.5 Å². The minimum atomic E-state index is 0.239. The fourth-order valence-electron chi connectivity index (χ4n) is 1.16. The van der Waals surface area contributed by atoms with Crippen molar-refractivity contribution < 1.29 is 14.3 Å². The maximum Gasteiger partial charge on any atom is 0.225 e. The number of ether oxygens (including phenoxy) is 2. The average molecular weight is 255 g/mol. The lowest BCUT2D eigenvalue weighted by atomic mass is 10.2. The molecule has 1 aromatic rings. The van der Waals surface area contributed by atoms with Gasteiger partial charge in [0, 0.05) is 6.07 Å². The third kappa shape index (κ3) is 3.80. The number of methoxy groups -OCH3 is 2. The Morgan fingerprint density at radius 3 is 2.71 bits per heavy atom. The number of hydrazine groups is 1. The molecule has 0 spiro atoms. The van der Waals surface area contributed by atoms with Crippen molar-refractivity contribution in [3.8, 4) is 11.5 Å². The van der Waals surface area contributed by atoms with Crippen LogP contribution in [0.15, 0.2) is 18.2 Å². The summed E-state index contributed by atoms with van der Waals surface area (Å²) < 4.78 is 10.2. The van der Waals surface area contributed by atoms with E-state index in [1.165, 1.54) is 0 Å². The smallest absolute Gasteiger partial charge is 0.225 e. The van der Waals surface area contributed by atoms with Gasteiger partial charge in [-0.2, -0.15) is 0 Å². The van der Waals surface area contributed by atoms with E-state index in [0.717, 1.165) is 0 Å². The predicted molar refractivity (Wildman–Crippen MR) is 68.1 cm³/mol. The Kier molecular flexibility index (Phi) is 5.02. The summed E-state index contributed by atoms with van der Waals surface area (Å²) in [6.07, 6.45) is 0.483. The number of rotatable bonds is 5. The van der Waals surface area contributed by atoms with Crippen LogP contribution in [0.25, 0.3) is 0 Å². The van der Waals surface area contributed by atoms with E-state index in [1.807, 2.05) is 0 Å². The number of anilines is 1. The molecule has 0 atom stereocenters. The highest BCUT2D eigenvalue weighted by atomic mass is 32.1. The van der Waals surface area contributed by atoms with E-state index in [4.69, 9.17) is 21.7 Å². The third-order valence-electron chi connectivity index (χ3n) is 1.90. The summed E-state index contributed by atoms with van der Waals surface area (Å²) in [6, 6.07) is 5.24. The van der Waals surface area contributed by atoms with Gasteiger partial charge in [-0.25, -0.2) is 0 Å². The Morgan fingerprint density at radius 1 is 1.35 bits per heavy atom. The summed E-state index contributed by atoms with van der Waals surface area (Å²) in [5, 5.41) is 3.10. The normalized spacial score (nSPS) is 9.06. The summed E-state index contributed by atoms with van der Waals surface area (Å²) in [6.45, 7) is 0. The number of hydrogen-bond donors (Lipinski definition) is 3. The van der Waals surface area contributed by atoms with Gasteiger partial charge in [-0.1, -0.05) is 0 Å². The molecule has 0 saturated carbocycles. The van der Waals surface area contributed by atoms with E-state index < -0.39 is 0 Å². The number of amides is 1. The van der Waals surface area contributed by atoms with Gasteiger partial charge in [0.25, 0.3) is 0 Å². The Hall–Kier alpha value is -2.02. The summed E-state index contributed by atoms with van der Waals surface area (Å²) in [5.41, 5.74) is 5.34. The number of carbonyl (C=O) groups excluding carboxylic acids is 1. The Balaban J connectivity index is 2.79. The average Bonchev–Trinajstić information content (AvgIpc) is 2.36. The molecule has 0 heterocycles. The van der Waals surface area contributed by atoms with Gasteiger partial charge in [0.1, 0.15) is 11.5 Å². The lowest BCUT2D eigenvalue weighted by Gasteiger charge is -2.13. The van der Waals surface area contributed by atoms with Crippen molar-refractivity contribution >= 4 is 29.4 Å². The summed E-state index contributed by atoms with van der Waals surface area (Å²) in [7, 11) is 3.11. The van der Waals surface area contributed by atoms with Gasteiger partial charge >= 0.3 is 0 Å². The number of nitrogens with one attached hydrogen (secondary N) is 3. The van der Waals surface area contributed by atoms with E-state index in [1.54, 1.807) is 32.4 Å². The maximum absolute atomic E-state index is 10.1. The molecule has 0 radical (unpaired) electrons. The van der Waals surface area contributed by atoms with Crippen LogP contribution in [0.3, 0.4) is 0 Å². The van der Waals surface area contributed by atoms with Crippen LogP contribution >= 0.6 is 12.2 Å². The second-order valence-corrected chi connectivity index (χ2v) is 3.32. The number of thiocarbonyl (C=S) groups is 1. The summed E-state index contributed by atoms with van der Waals surface area (Å²) >= 11 is 4.95. The summed E-state index contributed by atoms with van der Waals surface area (Å²) in [5.74, 6) is 1.28. The molecule has 0 unspecified atom stereocenters.